The predicted molar refractivity (Wildman–Crippen MR) is 255 cm³/mol. The van der Waals surface area contributed by atoms with Crippen molar-refractivity contribution in [2.45, 2.75) is 186 Å². The molecule has 0 aromatic carbocycles. The highest BCUT2D eigenvalue weighted by Crippen LogP contribution is 2.38. The van der Waals surface area contributed by atoms with Gasteiger partial charge in [0.1, 0.15) is 25.5 Å². The summed E-state index contributed by atoms with van der Waals surface area (Å²) in [6.45, 7) is 3.78. The minimum atomic E-state index is -4.70. The van der Waals surface area contributed by atoms with Crippen LogP contribution in [0.1, 0.15) is 168 Å². The number of carbonyl (C=O) groups excluding carboxylic acids is 3. The minimum absolute atomic E-state index is 0.0306. The topological polar surface area (TPSA) is 169 Å². The number of aliphatic hydroxyl groups excluding tert-OH is 2. The summed E-state index contributed by atoms with van der Waals surface area (Å²) in [5, 5.41) is 20.8. The van der Waals surface area contributed by atoms with E-state index < -0.39 is 50.6 Å². The van der Waals surface area contributed by atoms with Crippen molar-refractivity contribution in [1.29, 1.82) is 0 Å². The average molecular weight is 922 g/mol. The van der Waals surface area contributed by atoms with E-state index in [0.29, 0.717) is 43.1 Å². The van der Waals surface area contributed by atoms with Crippen LogP contribution >= 0.6 is 7.82 Å². The summed E-state index contributed by atoms with van der Waals surface area (Å²) in [5.41, 5.74) is 0. The zero-order chi connectivity index (χ0) is 47.3. The second-order valence-electron chi connectivity index (χ2n) is 18.3. The fourth-order valence-corrected chi connectivity index (χ4v) is 7.90. The van der Waals surface area contributed by atoms with Gasteiger partial charge in [0.15, 0.2) is 6.10 Å². The number of quaternary nitrogens is 1. The third-order valence-electron chi connectivity index (χ3n) is 11.1. The van der Waals surface area contributed by atoms with Crippen molar-refractivity contribution in [1.82, 2.24) is 0 Å². The van der Waals surface area contributed by atoms with E-state index in [-0.39, 0.29) is 44.2 Å². The van der Waals surface area contributed by atoms with E-state index in [2.05, 4.69) is 50.3 Å². The number of hydrogen-bond donors (Lipinski definition) is 2. The molecule has 1 unspecified atom stereocenters. The number of allylic oxidation sites excluding steroid dienone is 9. The molecule has 0 aromatic heterocycles. The number of ether oxygens (including phenoxy) is 2. The number of carbonyl (C=O) groups is 3. The van der Waals surface area contributed by atoms with Crippen molar-refractivity contribution in [2.75, 3.05) is 47.5 Å². The molecule has 12 nitrogen and oxygen atoms in total. The summed E-state index contributed by atoms with van der Waals surface area (Å²) < 4.78 is 33.9. The van der Waals surface area contributed by atoms with Crippen molar-refractivity contribution in [2.24, 2.45) is 11.8 Å². The fourth-order valence-electron chi connectivity index (χ4n) is 7.17. The monoisotopic (exact) mass is 922 g/mol. The Morgan fingerprint density at radius 2 is 1.31 bits per heavy atom. The number of Topliss-reactive ketones (excluding diaryl/α,β-unsaturated/α-hetero) is 1. The molecule has 0 aliphatic heterocycles. The first kappa shape index (κ1) is 59.3. The standard InChI is InChI=1S/C51H88NO11P/c1-6-8-10-11-12-13-14-15-16-17-18-19-20-21-22-23-24-25-26-32-36-51(57)63-45(43-62-64(58,59)61-40-39-52(3,4)5)42-60-50(56)35-31-28-27-30-34-46-47(49(55)41-48(46)54)38-37-44(53)33-29-9-7-2/h13-14,16-17,19-20,27,30,37-38,44-48,53-54H,6-12,15,18,21-26,28-29,31-36,39-43H2,1-5H3/b14-13-,17-16-,20-19-,30-27-,38-37+/t44-,45+,46+,47+,48-/m0/s1. The largest absolute Gasteiger partial charge is 0.756 e. The van der Waals surface area contributed by atoms with Gasteiger partial charge < -0.3 is 38.1 Å². The Kier molecular flexibility index (Phi) is 34.7. The highest BCUT2D eigenvalue weighted by atomic mass is 31.2. The van der Waals surface area contributed by atoms with Crippen LogP contribution in [-0.4, -0.2) is 98.2 Å². The first-order valence-electron chi connectivity index (χ1n) is 24.6. The van der Waals surface area contributed by atoms with Gasteiger partial charge in [-0.25, -0.2) is 0 Å². The normalized spacial score (nSPS) is 19.2. The lowest BCUT2D eigenvalue weighted by Crippen LogP contribution is -2.37. The number of esters is 2. The summed E-state index contributed by atoms with van der Waals surface area (Å²) in [6.07, 6.45) is 38.9. The lowest BCUT2D eigenvalue weighted by Gasteiger charge is -2.28. The summed E-state index contributed by atoms with van der Waals surface area (Å²) >= 11 is 0. The van der Waals surface area contributed by atoms with E-state index >= 15 is 0 Å². The molecule has 0 aromatic rings. The minimum Gasteiger partial charge on any atom is -0.756 e. The van der Waals surface area contributed by atoms with E-state index in [1.165, 1.54) is 32.1 Å². The van der Waals surface area contributed by atoms with Crippen LogP contribution in [0, 0.1) is 11.8 Å². The number of aliphatic hydroxyl groups is 2. The molecule has 1 aliphatic carbocycles. The summed E-state index contributed by atoms with van der Waals surface area (Å²) in [7, 11) is 1.00. The molecule has 1 fully saturated rings. The number of rotatable bonds is 40. The molecule has 0 bridgehead atoms. The van der Waals surface area contributed by atoms with Crippen LogP contribution in [-0.2, 0) is 37.5 Å². The quantitative estimate of drug-likeness (QED) is 0.0197. The Balaban J connectivity index is 2.45. The zero-order valence-corrected chi connectivity index (χ0v) is 41.3. The first-order chi connectivity index (χ1) is 30.7. The molecule has 1 saturated carbocycles. The van der Waals surface area contributed by atoms with E-state index in [4.69, 9.17) is 18.5 Å². The average Bonchev–Trinajstić information content (AvgIpc) is 3.51. The van der Waals surface area contributed by atoms with Crippen LogP contribution in [0.2, 0.25) is 0 Å². The van der Waals surface area contributed by atoms with Gasteiger partial charge in [-0.3, -0.25) is 18.9 Å². The lowest BCUT2D eigenvalue weighted by molar-refractivity contribution is -0.870. The fraction of sp³-hybridized carbons (Fsp3) is 0.745. The van der Waals surface area contributed by atoms with Gasteiger partial charge >= 0.3 is 11.9 Å². The molecule has 2 N–H and O–H groups in total. The molecule has 64 heavy (non-hydrogen) atoms. The van der Waals surface area contributed by atoms with Gasteiger partial charge in [0, 0.05) is 31.1 Å². The molecule has 1 rings (SSSR count). The van der Waals surface area contributed by atoms with Crippen molar-refractivity contribution < 1.29 is 57.1 Å². The molecule has 0 radical (unpaired) electrons. The third-order valence-corrected chi connectivity index (χ3v) is 12.1. The highest BCUT2D eigenvalue weighted by Gasteiger charge is 2.39. The third kappa shape index (κ3) is 33.7. The Morgan fingerprint density at radius 3 is 1.97 bits per heavy atom. The van der Waals surface area contributed by atoms with Gasteiger partial charge in [-0.1, -0.05) is 139 Å². The Hall–Kier alpha value is -2.70. The maximum Gasteiger partial charge on any atom is 0.306 e. The number of phosphoric acid groups is 1. The van der Waals surface area contributed by atoms with Crippen molar-refractivity contribution >= 4 is 25.5 Å². The Labute approximate surface area is 387 Å². The zero-order valence-electron chi connectivity index (χ0n) is 40.4. The van der Waals surface area contributed by atoms with Crippen molar-refractivity contribution in [3.05, 3.63) is 60.8 Å². The van der Waals surface area contributed by atoms with E-state index in [1.807, 2.05) is 33.3 Å². The maximum atomic E-state index is 12.8. The molecular formula is C51H88NO11P. The Morgan fingerprint density at radius 1 is 0.750 bits per heavy atom. The first-order valence-corrected chi connectivity index (χ1v) is 26.1. The number of ketones is 1. The Bertz CT molecular complexity index is 1440. The maximum absolute atomic E-state index is 12.8. The smallest absolute Gasteiger partial charge is 0.306 e. The van der Waals surface area contributed by atoms with Crippen LogP contribution in [0.4, 0.5) is 0 Å². The number of unbranched alkanes of at least 4 members (excludes halogenated alkanes) is 13. The molecule has 0 heterocycles. The molecule has 0 amide bonds. The lowest BCUT2D eigenvalue weighted by atomic mass is 9.90. The van der Waals surface area contributed by atoms with Crippen molar-refractivity contribution in [3.8, 4) is 0 Å². The van der Waals surface area contributed by atoms with Crippen LogP contribution in [0.15, 0.2) is 60.8 Å². The number of nitrogens with zero attached hydrogens (tertiary/aromatic N) is 1. The second-order valence-corrected chi connectivity index (χ2v) is 19.7. The van der Waals surface area contributed by atoms with Crippen molar-refractivity contribution in [3.63, 3.8) is 0 Å². The number of likely N-dealkylation sites (N-methyl/N-ethyl adjacent to an activating group) is 1. The summed E-state index contributed by atoms with van der Waals surface area (Å²) in [5.74, 6) is -1.80. The van der Waals surface area contributed by atoms with Gasteiger partial charge in [-0.05, 0) is 70.6 Å². The van der Waals surface area contributed by atoms with Crippen LogP contribution in [0.5, 0.6) is 0 Å². The number of phosphoric ester groups is 1. The second kappa shape index (κ2) is 37.4. The number of hydrogen-bond acceptors (Lipinski definition) is 11. The van der Waals surface area contributed by atoms with Gasteiger partial charge in [-0.2, -0.15) is 0 Å². The molecule has 0 saturated heterocycles. The van der Waals surface area contributed by atoms with Crippen LogP contribution < -0.4 is 4.89 Å². The molecule has 0 spiro atoms. The molecule has 6 atom stereocenters. The molecule has 1 aliphatic rings. The summed E-state index contributed by atoms with van der Waals surface area (Å²) in [6, 6.07) is 0. The predicted octanol–water partition coefficient (Wildman–Crippen LogP) is 10.4. The summed E-state index contributed by atoms with van der Waals surface area (Å²) in [4.78, 5) is 50.4. The SMILES string of the molecule is CCCCCC/C=C\C/C=C\C/C=C\CCCCCCCCC(=O)O[C@H](COC(=O)CCC/C=C\C[C@H]1[C@@H](O)CC(=O)[C@@H]1/C=C/[C@@H](O)CCCCC)COP(=O)([O-])OCC[N+](C)(C)C. The van der Waals surface area contributed by atoms with Gasteiger partial charge in [0.2, 0.25) is 0 Å². The molecule has 368 valence electrons. The van der Waals surface area contributed by atoms with Gasteiger partial charge in [0.25, 0.3) is 7.82 Å². The van der Waals surface area contributed by atoms with E-state index in [1.54, 1.807) is 12.2 Å². The van der Waals surface area contributed by atoms with E-state index in [9.17, 15) is 34.1 Å². The molecule has 13 heteroatoms. The highest BCUT2D eigenvalue weighted by molar-refractivity contribution is 7.45. The van der Waals surface area contributed by atoms with Gasteiger partial charge in [0.05, 0.1) is 40.0 Å². The van der Waals surface area contributed by atoms with Gasteiger partial charge in [-0.15, -0.1) is 0 Å². The van der Waals surface area contributed by atoms with Crippen LogP contribution in [0.3, 0.4) is 0 Å². The van der Waals surface area contributed by atoms with Crippen LogP contribution in [0.25, 0.3) is 0 Å². The van der Waals surface area contributed by atoms with E-state index in [0.717, 1.165) is 70.6 Å². The molecular weight excluding hydrogens is 834 g/mol.